The molecule has 1 N–H and O–H groups in total. The third-order valence-corrected chi connectivity index (χ3v) is 2.67. The fraction of sp³-hybridized carbons (Fsp3) is 0.273. The van der Waals surface area contributed by atoms with Crippen molar-refractivity contribution in [3.63, 3.8) is 0 Å². The fourth-order valence-corrected chi connectivity index (χ4v) is 1.78. The highest BCUT2D eigenvalue weighted by Gasteiger charge is 2.30. The molecule has 0 saturated heterocycles. The van der Waals surface area contributed by atoms with E-state index in [4.69, 9.17) is 0 Å². The van der Waals surface area contributed by atoms with Crippen molar-refractivity contribution >= 4 is 8.61 Å². The maximum absolute atomic E-state index is 12.3. The minimum absolute atomic E-state index is 0.263. The molecule has 17 heavy (non-hydrogen) atoms. The molecule has 0 aliphatic carbocycles. The topological polar surface area (TPSA) is 29.1 Å². The summed E-state index contributed by atoms with van der Waals surface area (Å²) in [5, 5.41) is 2.62. The van der Waals surface area contributed by atoms with Crippen LogP contribution in [0.4, 0.5) is 13.2 Å². The number of benzene rings is 1. The zero-order valence-corrected chi connectivity index (χ0v) is 9.76. The van der Waals surface area contributed by atoms with Crippen molar-refractivity contribution in [3.05, 3.63) is 48.0 Å². The van der Waals surface area contributed by atoms with Crippen LogP contribution in [0, 0.1) is 0 Å². The lowest BCUT2D eigenvalue weighted by Crippen LogP contribution is -2.11. The fourth-order valence-electron chi connectivity index (χ4n) is 1.40. The number of nitrogens with one attached hydrogen (secondary N) is 1. The van der Waals surface area contributed by atoms with Gasteiger partial charge in [0.15, 0.2) is 0 Å². The highest BCUT2D eigenvalue weighted by atomic mass is 31.1. The first-order valence-electron chi connectivity index (χ1n) is 4.85. The Morgan fingerprint density at radius 2 is 1.94 bits per heavy atom. The first-order valence-corrected chi connectivity index (χ1v) is 5.66. The monoisotopic (exact) mass is 261 g/mol. The second-order valence-electron chi connectivity index (χ2n) is 3.42. The highest BCUT2D eigenvalue weighted by Crippen LogP contribution is 2.30. The predicted molar refractivity (Wildman–Crippen MR) is 59.7 cm³/mol. The van der Waals surface area contributed by atoms with E-state index in [1.54, 1.807) is 6.08 Å². The van der Waals surface area contributed by atoms with E-state index >= 15 is 0 Å². The summed E-state index contributed by atoms with van der Waals surface area (Å²) in [5.74, 6) is 0. The van der Waals surface area contributed by atoms with Crippen LogP contribution in [0.5, 0.6) is 0 Å². The quantitative estimate of drug-likeness (QED) is 0.638. The van der Waals surface area contributed by atoms with Gasteiger partial charge in [-0.25, -0.2) is 5.09 Å². The number of hydrogen-bond donors (Lipinski definition) is 1. The van der Waals surface area contributed by atoms with Gasteiger partial charge in [-0.2, -0.15) is 13.2 Å². The van der Waals surface area contributed by atoms with Gasteiger partial charge in [0.05, 0.1) is 5.56 Å². The normalized spacial score (nSPS) is 13.6. The van der Waals surface area contributed by atoms with Gasteiger partial charge in [0.2, 0.25) is 8.61 Å². The average molecular weight is 261 g/mol. The van der Waals surface area contributed by atoms with Crippen molar-refractivity contribution in [3.8, 4) is 0 Å². The Kier molecular flexibility index (Phi) is 4.85. The van der Waals surface area contributed by atoms with Crippen LogP contribution < -0.4 is 5.09 Å². The largest absolute Gasteiger partial charge is 0.416 e. The van der Waals surface area contributed by atoms with Crippen molar-refractivity contribution < 1.29 is 17.7 Å². The average Bonchev–Trinajstić information content (AvgIpc) is 2.28. The second-order valence-corrected chi connectivity index (χ2v) is 3.86. The lowest BCUT2D eigenvalue weighted by Gasteiger charge is -2.14. The molecule has 1 rings (SSSR count). The molecule has 0 saturated carbocycles. The molecule has 0 bridgehead atoms. The molecule has 0 fully saturated rings. The van der Waals surface area contributed by atoms with E-state index in [0.29, 0.717) is 12.0 Å². The Morgan fingerprint density at radius 1 is 1.35 bits per heavy atom. The lowest BCUT2D eigenvalue weighted by atomic mass is 10.0. The molecule has 0 radical (unpaired) electrons. The minimum atomic E-state index is -4.34. The third-order valence-electron chi connectivity index (χ3n) is 2.25. The van der Waals surface area contributed by atoms with Crippen LogP contribution in [0.25, 0.3) is 0 Å². The van der Waals surface area contributed by atoms with E-state index in [1.807, 2.05) is 0 Å². The van der Waals surface area contributed by atoms with Gasteiger partial charge in [-0.1, -0.05) is 18.2 Å². The first-order chi connectivity index (χ1) is 7.99. The molecule has 0 aliphatic heterocycles. The van der Waals surface area contributed by atoms with E-state index in [0.717, 1.165) is 12.1 Å². The number of rotatable bonds is 5. The molecule has 6 heteroatoms. The molecule has 2 nitrogen and oxygen atoms in total. The van der Waals surface area contributed by atoms with Crippen molar-refractivity contribution in [1.29, 1.82) is 0 Å². The molecule has 1 aromatic rings. The number of alkyl halides is 3. The van der Waals surface area contributed by atoms with Crippen LogP contribution in [0.1, 0.15) is 23.6 Å². The van der Waals surface area contributed by atoms with Crippen LogP contribution in [0.15, 0.2) is 36.9 Å². The van der Waals surface area contributed by atoms with Gasteiger partial charge in [-0.05, 0) is 24.1 Å². The summed E-state index contributed by atoms with van der Waals surface area (Å²) in [4.78, 5) is 0. The van der Waals surface area contributed by atoms with Crippen LogP contribution in [0.3, 0.4) is 0 Å². The lowest BCUT2D eigenvalue weighted by molar-refractivity contribution is -0.137. The van der Waals surface area contributed by atoms with Crippen LogP contribution >= 0.6 is 8.61 Å². The molecule has 1 aromatic carbocycles. The maximum Gasteiger partial charge on any atom is 0.416 e. The van der Waals surface area contributed by atoms with Gasteiger partial charge in [-0.15, -0.1) is 6.58 Å². The van der Waals surface area contributed by atoms with Crippen LogP contribution in [-0.4, -0.2) is 0 Å². The number of hydrogen-bond acceptors (Lipinski definition) is 1. The summed E-state index contributed by atoms with van der Waals surface area (Å²) in [7, 11) is -0.263. The van der Waals surface area contributed by atoms with E-state index < -0.39 is 11.7 Å². The SMILES string of the molecule is C=CCC(NP=O)c1ccc(C(F)(F)F)cc1. The smallest absolute Gasteiger partial charge is 0.256 e. The Labute approximate surface area is 98.8 Å². The molecule has 1 unspecified atom stereocenters. The standard InChI is InChI=1S/C11H11F3NOP/c1-2-3-10(15-17-16)8-4-6-9(7-5-8)11(12,13)14/h2,4-7,10H,1,3H2,(H,15,16). The summed E-state index contributed by atoms with van der Waals surface area (Å²) >= 11 is 0. The van der Waals surface area contributed by atoms with E-state index in [-0.39, 0.29) is 14.7 Å². The van der Waals surface area contributed by atoms with E-state index in [9.17, 15) is 17.7 Å². The Hall–Kier alpha value is -1.19. The summed E-state index contributed by atoms with van der Waals surface area (Å²) < 4.78 is 47.5. The van der Waals surface area contributed by atoms with Gasteiger partial charge < -0.3 is 0 Å². The summed E-state index contributed by atoms with van der Waals surface area (Å²) in [6.45, 7) is 3.54. The van der Waals surface area contributed by atoms with Gasteiger partial charge in [0.25, 0.3) is 0 Å². The molecule has 0 amide bonds. The Balaban J connectivity index is 2.91. The van der Waals surface area contributed by atoms with Crippen molar-refractivity contribution in [2.24, 2.45) is 0 Å². The van der Waals surface area contributed by atoms with Crippen molar-refractivity contribution in [2.45, 2.75) is 18.6 Å². The van der Waals surface area contributed by atoms with Crippen LogP contribution in [-0.2, 0) is 10.7 Å². The number of halogens is 3. The molecular formula is C11H11F3NOP. The molecule has 0 heterocycles. The van der Waals surface area contributed by atoms with Gasteiger partial charge in [0.1, 0.15) is 0 Å². The Morgan fingerprint density at radius 3 is 2.35 bits per heavy atom. The van der Waals surface area contributed by atoms with Gasteiger partial charge in [0, 0.05) is 6.04 Å². The predicted octanol–water partition coefficient (Wildman–Crippen LogP) is 4.12. The zero-order chi connectivity index (χ0) is 12.9. The first kappa shape index (κ1) is 13.9. The van der Waals surface area contributed by atoms with Crippen LogP contribution in [0.2, 0.25) is 0 Å². The van der Waals surface area contributed by atoms with Crippen molar-refractivity contribution in [2.75, 3.05) is 0 Å². The summed E-state index contributed by atoms with van der Waals surface area (Å²) in [5.41, 5.74) is -0.0560. The van der Waals surface area contributed by atoms with Gasteiger partial charge in [-0.3, -0.25) is 4.57 Å². The maximum atomic E-state index is 12.3. The highest BCUT2D eigenvalue weighted by molar-refractivity contribution is 7.21. The summed E-state index contributed by atoms with van der Waals surface area (Å²) in [6, 6.07) is 4.46. The minimum Gasteiger partial charge on any atom is -0.256 e. The van der Waals surface area contributed by atoms with Crippen molar-refractivity contribution in [1.82, 2.24) is 5.09 Å². The van der Waals surface area contributed by atoms with Gasteiger partial charge >= 0.3 is 6.18 Å². The second kappa shape index (κ2) is 5.94. The molecule has 92 valence electrons. The molecule has 1 atom stereocenters. The molecule has 0 aromatic heterocycles. The van der Waals surface area contributed by atoms with E-state index in [1.165, 1.54) is 12.1 Å². The molecular weight excluding hydrogens is 250 g/mol. The molecule has 0 aliphatic rings. The zero-order valence-electron chi connectivity index (χ0n) is 8.87. The third kappa shape index (κ3) is 3.95. The molecule has 0 spiro atoms. The Bertz CT molecular complexity index is 379. The summed E-state index contributed by atoms with van der Waals surface area (Å²) in [6.07, 6.45) is -2.24. The van der Waals surface area contributed by atoms with E-state index in [2.05, 4.69) is 11.7 Å².